The van der Waals surface area contributed by atoms with E-state index in [2.05, 4.69) is 17.4 Å². The number of nitrogens with zero attached hydrogens (tertiary/aromatic N) is 1. The maximum absolute atomic E-state index is 12.2. The first-order valence-corrected chi connectivity index (χ1v) is 6.43. The minimum Gasteiger partial charge on any atom is -1.00 e. The molecule has 0 aliphatic carbocycles. The van der Waals surface area contributed by atoms with Crippen LogP contribution in [0.5, 0.6) is 0 Å². The van der Waals surface area contributed by atoms with Crippen LogP contribution in [0.2, 0.25) is 0 Å². The van der Waals surface area contributed by atoms with Crippen molar-refractivity contribution in [2.45, 2.75) is 12.5 Å². The average molecular weight is 288 g/mol. The van der Waals surface area contributed by atoms with Gasteiger partial charge in [-0.25, -0.2) is 0 Å². The van der Waals surface area contributed by atoms with Crippen LogP contribution >= 0.6 is 0 Å². The lowest BCUT2D eigenvalue weighted by Gasteiger charge is -2.17. The van der Waals surface area contributed by atoms with Crippen LogP contribution in [-0.4, -0.2) is 13.0 Å². The van der Waals surface area contributed by atoms with E-state index in [0.29, 0.717) is 6.42 Å². The number of hydrogen-bond donors (Lipinski definition) is 1. The molecule has 20 heavy (non-hydrogen) atoms. The van der Waals surface area contributed by atoms with Gasteiger partial charge in [0.2, 0.25) is 5.91 Å². The first kappa shape index (κ1) is 14.4. The number of amides is 1. The fourth-order valence-corrected chi connectivity index (χ4v) is 2.46. The second kappa shape index (κ2) is 5.97. The lowest BCUT2D eigenvalue weighted by atomic mass is 10.0. The molecular formula is C16H16ClN2O-. The Balaban J connectivity index is 0.00000147. The van der Waals surface area contributed by atoms with Crippen molar-refractivity contribution < 1.29 is 17.2 Å². The number of carbonyl (C=O) groups is 1. The van der Waals surface area contributed by atoms with Crippen molar-refractivity contribution in [3.8, 4) is 0 Å². The Hall–Kier alpha value is -2.00. The van der Waals surface area contributed by atoms with Crippen LogP contribution in [0.3, 0.4) is 0 Å². The highest BCUT2D eigenvalue weighted by Gasteiger charge is 2.25. The van der Waals surface area contributed by atoms with Crippen LogP contribution in [0.4, 0.5) is 11.4 Å². The highest BCUT2D eigenvalue weighted by molar-refractivity contribution is 5.98. The number of fused-ring (bicyclic) bond motifs is 1. The Bertz CT molecular complexity index is 600. The predicted molar refractivity (Wildman–Crippen MR) is 77.3 cm³/mol. The summed E-state index contributed by atoms with van der Waals surface area (Å²) in [5.41, 5.74) is 3.08. The number of para-hydroxylation sites is 2. The summed E-state index contributed by atoms with van der Waals surface area (Å²) in [6.45, 7) is 0. The molecule has 4 heteroatoms. The molecule has 1 aliphatic heterocycles. The summed E-state index contributed by atoms with van der Waals surface area (Å²) in [6.07, 6.45) is 0.467. The number of anilines is 2. The van der Waals surface area contributed by atoms with E-state index in [1.54, 1.807) is 4.90 Å². The molecule has 1 amide bonds. The maximum atomic E-state index is 12.2. The van der Waals surface area contributed by atoms with E-state index in [1.165, 1.54) is 0 Å². The third-order valence-electron chi connectivity index (χ3n) is 3.55. The van der Waals surface area contributed by atoms with Gasteiger partial charge in [0.25, 0.3) is 0 Å². The number of halogens is 1. The van der Waals surface area contributed by atoms with Crippen molar-refractivity contribution >= 4 is 17.3 Å². The van der Waals surface area contributed by atoms with Crippen molar-refractivity contribution in [2.24, 2.45) is 0 Å². The van der Waals surface area contributed by atoms with Crippen LogP contribution < -0.4 is 22.6 Å². The number of nitrogens with one attached hydrogen (secondary N) is 1. The Kier molecular flexibility index (Phi) is 4.30. The molecule has 1 atom stereocenters. The molecule has 2 aromatic carbocycles. The van der Waals surface area contributed by atoms with Gasteiger partial charge in [0.05, 0.1) is 23.8 Å². The summed E-state index contributed by atoms with van der Waals surface area (Å²) in [7, 11) is 1.83. The lowest BCUT2D eigenvalue weighted by Crippen LogP contribution is -3.00. The lowest BCUT2D eigenvalue weighted by molar-refractivity contribution is -0.118. The van der Waals surface area contributed by atoms with E-state index in [4.69, 9.17) is 0 Å². The second-order valence-electron chi connectivity index (χ2n) is 4.78. The van der Waals surface area contributed by atoms with Gasteiger partial charge in [-0.3, -0.25) is 4.79 Å². The standard InChI is InChI=1S/C16H16N2O.ClH/c1-18-15-10-6-5-9-13(15)17-14(11-16(18)19)12-7-3-2-4-8-12;/h2-10,14,17H,11H2,1H3;1H/p-1. The van der Waals surface area contributed by atoms with E-state index >= 15 is 0 Å². The molecular weight excluding hydrogens is 272 g/mol. The van der Waals surface area contributed by atoms with Crippen LogP contribution in [0.15, 0.2) is 54.6 Å². The summed E-state index contributed by atoms with van der Waals surface area (Å²) in [5.74, 6) is 0.131. The zero-order valence-corrected chi connectivity index (χ0v) is 12.0. The summed E-state index contributed by atoms with van der Waals surface area (Å²) in [5, 5.41) is 3.47. The van der Waals surface area contributed by atoms with E-state index in [1.807, 2.05) is 49.5 Å². The van der Waals surface area contributed by atoms with Crippen molar-refractivity contribution in [3.05, 3.63) is 60.2 Å². The maximum Gasteiger partial charge on any atom is 0.229 e. The smallest absolute Gasteiger partial charge is 0.229 e. The van der Waals surface area contributed by atoms with Gasteiger partial charge in [-0.2, -0.15) is 0 Å². The number of benzene rings is 2. The zero-order chi connectivity index (χ0) is 13.2. The fraction of sp³-hybridized carbons (Fsp3) is 0.188. The van der Waals surface area contributed by atoms with Crippen molar-refractivity contribution in [2.75, 3.05) is 17.3 Å². The van der Waals surface area contributed by atoms with Crippen LogP contribution in [0, 0.1) is 0 Å². The molecule has 0 spiro atoms. The third-order valence-corrected chi connectivity index (χ3v) is 3.55. The second-order valence-corrected chi connectivity index (χ2v) is 4.78. The normalized spacial score (nSPS) is 17.6. The van der Waals surface area contributed by atoms with Crippen LogP contribution in [0.1, 0.15) is 18.0 Å². The van der Waals surface area contributed by atoms with E-state index in [-0.39, 0.29) is 24.4 Å². The summed E-state index contributed by atoms with van der Waals surface area (Å²) in [4.78, 5) is 14.0. The molecule has 0 bridgehead atoms. The van der Waals surface area contributed by atoms with Crippen LogP contribution in [0.25, 0.3) is 0 Å². The first-order valence-electron chi connectivity index (χ1n) is 6.43. The molecule has 3 rings (SSSR count). The number of rotatable bonds is 1. The third kappa shape index (κ3) is 2.63. The highest BCUT2D eigenvalue weighted by atomic mass is 35.5. The van der Waals surface area contributed by atoms with Crippen molar-refractivity contribution in [3.63, 3.8) is 0 Å². The van der Waals surface area contributed by atoms with Gasteiger partial charge in [0.1, 0.15) is 0 Å². The van der Waals surface area contributed by atoms with Gasteiger partial charge < -0.3 is 22.6 Å². The Morgan fingerprint density at radius 1 is 1.05 bits per heavy atom. The van der Waals surface area contributed by atoms with E-state index in [0.717, 1.165) is 16.9 Å². The fourth-order valence-electron chi connectivity index (χ4n) is 2.46. The first-order chi connectivity index (χ1) is 9.25. The molecule has 3 nitrogen and oxygen atoms in total. The van der Waals surface area contributed by atoms with Gasteiger partial charge in [-0.1, -0.05) is 42.5 Å². The SMILES string of the molecule is CN1C(=O)CC(c2ccccc2)Nc2ccccc21.[Cl-]. The van der Waals surface area contributed by atoms with Gasteiger partial charge in [0, 0.05) is 7.05 Å². The molecule has 0 saturated carbocycles. The topological polar surface area (TPSA) is 32.3 Å². The summed E-state index contributed by atoms with van der Waals surface area (Å²) in [6, 6.07) is 18.0. The van der Waals surface area contributed by atoms with Crippen molar-refractivity contribution in [1.82, 2.24) is 0 Å². The van der Waals surface area contributed by atoms with Gasteiger partial charge in [-0.15, -0.1) is 0 Å². The predicted octanol–water partition coefficient (Wildman–Crippen LogP) is 0.210. The molecule has 1 N–H and O–H groups in total. The molecule has 104 valence electrons. The van der Waals surface area contributed by atoms with Gasteiger partial charge in [0.15, 0.2) is 0 Å². The number of carbonyl (C=O) groups excluding carboxylic acids is 1. The molecule has 1 unspecified atom stereocenters. The highest BCUT2D eigenvalue weighted by Crippen LogP contribution is 2.34. The van der Waals surface area contributed by atoms with Gasteiger partial charge in [-0.05, 0) is 17.7 Å². The minimum absolute atomic E-state index is 0. The zero-order valence-electron chi connectivity index (χ0n) is 11.2. The van der Waals surface area contributed by atoms with E-state index in [9.17, 15) is 4.79 Å². The minimum atomic E-state index is 0. The quantitative estimate of drug-likeness (QED) is 0.813. The van der Waals surface area contributed by atoms with Crippen molar-refractivity contribution in [1.29, 1.82) is 0 Å². The Morgan fingerprint density at radius 3 is 2.45 bits per heavy atom. The molecule has 0 aromatic heterocycles. The molecule has 0 fully saturated rings. The molecule has 1 heterocycles. The Morgan fingerprint density at radius 2 is 1.70 bits per heavy atom. The van der Waals surface area contributed by atoms with Crippen LogP contribution in [-0.2, 0) is 4.79 Å². The molecule has 0 radical (unpaired) electrons. The molecule has 1 aliphatic rings. The summed E-state index contributed by atoms with van der Waals surface area (Å²) >= 11 is 0. The Labute approximate surface area is 125 Å². The monoisotopic (exact) mass is 287 g/mol. The van der Waals surface area contributed by atoms with E-state index < -0.39 is 0 Å². The number of hydrogen-bond acceptors (Lipinski definition) is 2. The van der Waals surface area contributed by atoms with Gasteiger partial charge >= 0.3 is 0 Å². The summed E-state index contributed by atoms with van der Waals surface area (Å²) < 4.78 is 0. The molecule has 2 aromatic rings. The molecule has 0 saturated heterocycles. The largest absolute Gasteiger partial charge is 1.00 e. The average Bonchev–Trinajstić information content (AvgIpc) is 2.58.